The molecule has 2 aromatic carbocycles. The van der Waals surface area contributed by atoms with Crippen LogP contribution in [0.1, 0.15) is 57.8 Å². The fraction of sp³-hybridized carbons (Fsp3) is 0.292. The van der Waals surface area contributed by atoms with Gasteiger partial charge in [-0.2, -0.15) is 20.4 Å². The minimum Gasteiger partial charge on any atom is -0.494 e. The predicted molar refractivity (Wildman–Crippen MR) is 264 cm³/mol. The highest BCUT2D eigenvalue weighted by molar-refractivity contribution is 6.30. The molecule has 5 N–H and O–H groups in total. The Balaban J connectivity index is 0.000000163. The minimum absolute atomic E-state index is 0.0607. The van der Waals surface area contributed by atoms with Gasteiger partial charge < -0.3 is 31.2 Å². The summed E-state index contributed by atoms with van der Waals surface area (Å²) < 4.78 is 18.2. The second kappa shape index (κ2) is 20.4. The predicted octanol–water partition coefficient (Wildman–Crippen LogP) is 8.19. The normalized spacial score (nSPS) is 12.8. The Morgan fingerprint density at radius 1 is 0.609 bits per heavy atom. The highest BCUT2D eigenvalue weighted by Crippen LogP contribution is 2.41. The number of hydrogen-bond donors (Lipinski definition) is 4. The van der Waals surface area contributed by atoms with E-state index in [9.17, 15) is 9.59 Å². The number of aryl methyl sites for hydroxylation is 6. The number of aromatic nitrogens is 12. The largest absolute Gasteiger partial charge is 0.494 e. The van der Waals surface area contributed by atoms with Crippen LogP contribution in [0.3, 0.4) is 0 Å². The van der Waals surface area contributed by atoms with E-state index in [0.29, 0.717) is 79.6 Å². The molecule has 2 saturated carbocycles. The summed E-state index contributed by atoms with van der Waals surface area (Å²) in [5.74, 6) is 4.46. The first-order valence-electron chi connectivity index (χ1n) is 22.1. The van der Waals surface area contributed by atoms with E-state index < -0.39 is 0 Å². The van der Waals surface area contributed by atoms with Gasteiger partial charge in [-0.05, 0) is 69.9 Å². The molecule has 0 radical (unpaired) electrons. The number of nitrogen functional groups attached to an aromatic ring is 1. The average Bonchev–Trinajstić information content (AvgIpc) is 4.23. The number of nitrogens with two attached hydrogens (primary N) is 1. The number of carbonyl (C=O) groups is 2. The molecule has 6 heterocycles. The van der Waals surface area contributed by atoms with Crippen molar-refractivity contribution in [3.05, 3.63) is 113 Å². The summed E-state index contributed by atoms with van der Waals surface area (Å²) in [6.07, 6.45) is 10.1. The zero-order valence-electron chi connectivity index (χ0n) is 39.5. The van der Waals surface area contributed by atoms with Crippen molar-refractivity contribution in [2.45, 2.75) is 39.5 Å². The van der Waals surface area contributed by atoms with Crippen LogP contribution in [-0.4, -0.2) is 84.8 Å². The summed E-state index contributed by atoms with van der Waals surface area (Å²) in [4.78, 5) is 42.8. The number of para-hydroxylation sites is 2. The second-order valence-corrected chi connectivity index (χ2v) is 17.1. The van der Waals surface area contributed by atoms with Gasteiger partial charge in [-0.3, -0.25) is 28.3 Å². The van der Waals surface area contributed by atoms with Crippen molar-refractivity contribution in [3.8, 4) is 34.3 Å². The fourth-order valence-electron chi connectivity index (χ4n) is 7.30. The monoisotopic (exact) mass is 952 g/mol. The molecule has 0 spiro atoms. The number of pyridine rings is 2. The summed E-state index contributed by atoms with van der Waals surface area (Å²) >= 11 is 6.07. The van der Waals surface area contributed by atoms with Gasteiger partial charge in [0.1, 0.15) is 29.4 Å². The van der Waals surface area contributed by atoms with Crippen LogP contribution in [0.25, 0.3) is 22.8 Å². The number of rotatable bonds is 14. The van der Waals surface area contributed by atoms with Crippen LogP contribution in [0.5, 0.6) is 11.5 Å². The lowest BCUT2D eigenvalue weighted by molar-refractivity contribution is 0.0960. The van der Waals surface area contributed by atoms with E-state index in [-0.39, 0.29) is 23.4 Å². The summed E-state index contributed by atoms with van der Waals surface area (Å²) in [5, 5.41) is 27.3. The number of anilines is 7. The van der Waals surface area contributed by atoms with E-state index in [1.165, 1.54) is 6.20 Å². The first-order chi connectivity index (χ1) is 33.2. The molecule has 2 fully saturated rings. The summed E-state index contributed by atoms with van der Waals surface area (Å²) in [7, 11) is 10.6. The van der Waals surface area contributed by atoms with E-state index in [4.69, 9.17) is 26.8 Å². The Bertz CT molecular complexity index is 3110. The number of nitrogens with one attached hydrogen (secondary N) is 3. The van der Waals surface area contributed by atoms with Gasteiger partial charge in [0.25, 0.3) is 0 Å². The van der Waals surface area contributed by atoms with Gasteiger partial charge in [-0.15, -0.1) is 0 Å². The zero-order valence-corrected chi connectivity index (χ0v) is 40.3. The number of carbonyl (C=O) groups excluding carboxylic acids is 2. The van der Waals surface area contributed by atoms with Crippen molar-refractivity contribution in [2.24, 2.45) is 40.0 Å². The van der Waals surface area contributed by atoms with E-state index in [1.807, 2.05) is 89.6 Å². The molecule has 356 valence electrons. The standard InChI is InChI=1S/C24H26N8O2.C19H18ClN5O2.C5H9N3/c1-14-10-21(29-32(14)3)28-20-11-19(17(12-25-20)22(33)15-8-9-15)27-18-7-5-6-16(23(18)34-4)24-26-13-31(2)30-24;1-25-10-22-19(24-25)12-4-3-5-14(18(12)27-2)23-15-8-16(20)21-9-13(15)17(26)11-6-7-11;1-4-3-5(6)7-8(4)2/h5-7,10-13,15H,8-9H2,1-4H3,(H2,25,27,28,29);3-5,8-11H,6-7H2,1-2H3,(H,21,23);3H,1-2H3,(H2,6,7). The molecule has 69 heavy (non-hydrogen) atoms. The molecule has 20 nitrogen and oxygen atoms in total. The highest BCUT2D eigenvalue weighted by atomic mass is 35.5. The molecular formula is C48H53ClN16O4. The van der Waals surface area contributed by atoms with Gasteiger partial charge in [-0.1, -0.05) is 23.7 Å². The summed E-state index contributed by atoms with van der Waals surface area (Å²) in [6, 6.07) is 18.6. The lowest BCUT2D eigenvalue weighted by Gasteiger charge is -2.17. The number of hydrogen-bond acceptors (Lipinski definition) is 16. The number of Topliss-reactive ketones (excluding diaryl/α,β-unsaturated/α-hetero) is 2. The van der Waals surface area contributed by atoms with Gasteiger partial charge in [0.2, 0.25) is 0 Å². The Hall–Kier alpha value is -8.13. The first kappa shape index (κ1) is 47.4. The lowest BCUT2D eigenvalue weighted by Crippen LogP contribution is -2.08. The van der Waals surface area contributed by atoms with E-state index >= 15 is 0 Å². The molecule has 0 aliphatic heterocycles. The molecule has 8 aromatic rings. The SMILES string of the molecule is COc1c(Nc2cc(Cl)ncc2C(=O)C2CC2)cccc1-c1ncn(C)n1.COc1c(Nc2cc(Nc3cc(C)n(C)n3)ncc2C(=O)C2CC2)cccc1-c1ncn(C)n1.Cc1cc(N)nn1C. The third-order valence-corrected chi connectivity index (χ3v) is 11.6. The third-order valence-electron chi connectivity index (χ3n) is 11.4. The molecule has 2 aliphatic carbocycles. The van der Waals surface area contributed by atoms with Gasteiger partial charge in [0.05, 0.1) is 59.2 Å². The van der Waals surface area contributed by atoms with E-state index in [1.54, 1.807) is 64.9 Å². The van der Waals surface area contributed by atoms with E-state index in [0.717, 1.165) is 48.2 Å². The van der Waals surface area contributed by atoms with Crippen molar-refractivity contribution in [3.63, 3.8) is 0 Å². The maximum Gasteiger partial charge on any atom is 0.184 e. The van der Waals surface area contributed by atoms with E-state index in [2.05, 4.69) is 56.3 Å². The molecule has 6 aromatic heterocycles. The van der Waals surface area contributed by atoms with Crippen LogP contribution >= 0.6 is 11.6 Å². The average molecular weight is 954 g/mol. The van der Waals surface area contributed by atoms with Crippen molar-refractivity contribution in [1.29, 1.82) is 0 Å². The van der Waals surface area contributed by atoms with Crippen molar-refractivity contribution >= 4 is 63.4 Å². The third kappa shape index (κ3) is 11.2. The highest BCUT2D eigenvalue weighted by Gasteiger charge is 2.33. The molecular weight excluding hydrogens is 900 g/mol. The molecule has 2 aliphatic rings. The number of ether oxygens (including phenoxy) is 2. The van der Waals surface area contributed by atoms with Crippen molar-refractivity contribution < 1.29 is 19.1 Å². The van der Waals surface area contributed by atoms with Gasteiger partial charge >= 0.3 is 0 Å². The molecule has 0 saturated heterocycles. The van der Waals surface area contributed by atoms with Crippen LogP contribution in [0, 0.1) is 25.7 Å². The quantitative estimate of drug-likeness (QED) is 0.0593. The number of benzene rings is 2. The lowest BCUT2D eigenvalue weighted by atomic mass is 10.1. The number of ketones is 2. The van der Waals surface area contributed by atoms with Crippen molar-refractivity contribution in [2.75, 3.05) is 35.9 Å². The molecule has 21 heteroatoms. The zero-order chi connectivity index (χ0) is 48.9. The molecule has 0 atom stereocenters. The maximum atomic E-state index is 13.0. The van der Waals surface area contributed by atoms with Crippen LogP contribution in [-0.2, 0) is 28.2 Å². The van der Waals surface area contributed by atoms with Gasteiger partial charge in [-0.25, -0.2) is 19.9 Å². The van der Waals surface area contributed by atoms with Gasteiger partial charge in [0, 0.05) is 82.0 Å². The van der Waals surface area contributed by atoms with Crippen LogP contribution in [0.4, 0.5) is 40.2 Å². The minimum atomic E-state index is 0.0607. The Labute approximate surface area is 403 Å². The van der Waals surface area contributed by atoms with Crippen LogP contribution in [0.15, 0.2) is 85.7 Å². The van der Waals surface area contributed by atoms with Gasteiger partial charge in [0.15, 0.2) is 40.5 Å². The topological polar surface area (TPSA) is 238 Å². The van der Waals surface area contributed by atoms with Crippen molar-refractivity contribution in [1.82, 2.24) is 59.1 Å². The second-order valence-electron chi connectivity index (χ2n) is 16.7. The summed E-state index contributed by atoms with van der Waals surface area (Å²) in [5.41, 5.74) is 12.7. The van der Waals surface area contributed by atoms with Crippen LogP contribution in [0.2, 0.25) is 5.15 Å². The number of halogens is 1. The Morgan fingerprint density at radius 3 is 1.51 bits per heavy atom. The Morgan fingerprint density at radius 2 is 1.10 bits per heavy atom. The molecule has 10 rings (SSSR count). The fourth-order valence-corrected chi connectivity index (χ4v) is 7.46. The first-order valence-corrected chi connectivity index (χ1v) is 22.4. The molecule has 0 unspecified atom stereocenters. The van der Waals surface area contributed by atoms with Crippen LogP contribution < -0.4 is 31.2 Å². The summed E-state index contributed by atoms with van der Waals surface area (Å²) in [6.45, 7) is 3.94. The molecule has 0 bridgehead atoms. The molecule has 0 amide bonds. The maximum absolute atomic E-state index is 13.0. The smallest absolute Gasteiger partial charge is 0.184 e. The number of methoxy groups -OCH3 is 2. The number of nitrogens with zero attached hydrogens (tertiary/aromatic N) is 12. The Kier molecular flexibility index (Phi) is 14.0.